The van der Waals surface area contributed by atoms with Gasteiger partial charge >= 0.3 is 47.7 Å². The van der Waals surface area contributed by atoms with Crippen LogP contribution in [0.25, 0.3) is 0 Å². The molecule has 12 unspecified atom stereocenters. The van der Waals surface area contributed by atoms with E-state index in [4.69, 9.17) is 52.1 Å². The molecule has 27 heteroatoms. The summed E-state index contributed by atoms with van der Waals surface area (Å²) >= 11 is 0. The van der Waals surface area contributed by atoms with Crippen molar-refractivity contribution in [3.8, 4) is 0 Å². The number of rotatable bonds is 20. The first-order chi connectivity index (χ1) is 66.3. The van der Waals surface area contributed by atoms with Crippen LogP contribution in [0.1, 0.15) is 233 Å². The SMILES string of the molecule is CC(C)(C)c1ccc([S+]2CCOCC2)cc1.CC(F)(F)C(=O)OC12CC3CC(C1)C1(OCC(COC(=O)C45CC6CC(C4)C(=O)C(C6)C5)(COC(=O)C45CC6CC(C4)C(=O)C(C6)C5)CO1)C(C3)C2.CC(F)(F)C(=O)OC12CC3CC(C1)C1(OCC(COC(=O)C45CC6CC(C4)C(=O)C(C6)C5)(COC(=O)C45CC6CC(C4)C(=O)C(C6)C5)CO1)C(C3)C2.c1ccc([S+](c2ccccc2)c2ccccc2)cc1. The molecule has 3 heterocycles. The Balaban J connectivity index is 0.000000119. The summed E-state index contributed by atoms with van der Waals surface area (Å²) < 4.78 is 124. The fraction of sp³-hybridized carbons (Fsp3) is 0.696. The average molecular weight is 1960 g/mol. The molecule has 31 rings (SSSR count). The second kappa shape index (κ2) is 35.8. The van der Waals surface area contributed by atoms with Crippen LogP contribution in [0.2, 0.25) is 0 Å². The number of halogens is 4. The Morgan fingerprint density at radius 1 is 0.345 bits per heavy atom. The number of carbonyl (C=O) groups excluding carboxylic acids is 10. The summed E-state index contributed by atoms with van der Waals surface area (Å²) in [6, 6.07) is 41.4. The molecule has 27 fully saturated rings. The first-order valence-corrected chi connectivity index (χ1v) is 54.9. The number of Topliss-reactive ketones (excluding diaryl/α,β-unsaturated/α-hetero) is 4. The van der Waals surface area contributed by atoms with Gasteiger partial charge < -0.3 is 52.1 Å². The molecule has 24 bridgehead atoms. The van der Waals surface area contributed by atoms with Crippen LogP contribution in [-0.4, -0.2) is 171 Å². The fourth-order valence-corrected chi connectivity index (χ4v) is 36.5. The summed E-state index contributed by atoms with van der Waals surface area (Å²) in [5.41, 5.74) is -4.92. The Labute approximate surface area is 817 Å². The lowest BCUT2D eigenvalue weighted by Crippen LogP contribution is -2.69. The van der Waals surface area contributed by atoms with Crippen molar-refractivity contribution in [1.29, 1.82) is 0 Å². The minimum atomic E-state index is -3.58. The molecule has 12 atom stereocenters. The highest BCUT2D eigenvalue weighted by atomic mass is 32.2. The lowest BCUT2D eigenvalue weighted by atomic mass is 9.49. The third-order valence-corrected chi connectivity index (χ3v) is 42.5. The van der Waals surface area contributed by atoms with Crippen LogP contribution in [0.15, 0.2) is 135 Å². The number of ether oxygens (including phenoxy) is 11. The minimum absolute atomic E-state index is 0.0146. The maximum absolute atomic E-state index is 14.0. The van der Waals surface area contributed by atoms with Crippen molar-refractivity contribution in [2.75, 3.05) is 77.6 Å². The van der Waals surface area contributed by atoms with Crippen molar-refractivity contribution in [2.24, 2.45) is 139 Å². The van der Waals surface area contributed by atoms with Gasteiger partial charge in [0.2, 0.25) is 0 Å². The summed E-state index contributed by atoms with van der Waals surface area (Å²) in [6.45, 7) is 9.89. The molecule has 0 aromatic heterocycles. The Bertz CT molecular complexity index is 4820. The molecular weight excluding hydrogens is 1820 g/mol. The fourth-order valence-electron chi connectivity index (χ4n) is 32.6. The molecule has 748 valence electrons. The van der Waals surface area contributed by atoms with Gasteiger partial charge in [0.1, 0.15) is 72.3 Å². The number of hydrogen-bond acceptors (Lipinski definition) is 21. The number of ketones is 4. The van der Waals surface area contributed by atoms with Crippen LogP contribution < -0.4 is 0 Å². The maximum Gasteiger partial charge on any atom is 0.377 e. The zero-order chi connectivity index (χ0) is 96.6. The molecule has 3 aliphatic heterocycles. The molecule has 2 spiro atoms. The Morgan fingerprint density at radius 3 is 0.856 bits per heavy atom. The second-order valence-electron chi connectivity index (χ2n) is 49.1. The summed E-state index contributed by atoms with van der Waals surface area (Å²) in [5, 5.41) is 0. The highest BCUT2D eigenvalue weighted by Crippen LogP contribution is 2.69. The summed E-state index contributed by atoms with van der Waals surface area (Å²) in [4.78, 5) is 138. The molecule has 24 aliphatic carbocycles. The van der Waals surface area contributed by atoms with E-state index in [1.807, 2.05) is 0 Å². The summed E-state index contributed by atoms with van der Waals surface area (Å²) in [5.74, 6) is -9.22. The number of carbonyl (C=O) groups is 10. The standard InChI is InChI=1S/2C40H50F2O10.C18H15S.C14H21OS/c2*1-35(41,42)32(45)52-39-10-23-6-28(15-39)40(29(7-23)16-39)50-19-36(20-51-40,17-48-33(46)37-8-21-2-24(11-37)30(43)25(3-21)12-37)18-49-34(47)38-9-22-4-26(13-38)31(44)27(5-22)14-38;1-4-10-16(11-5-1)19(17-12-6-2-7-13-17)18-14-8-3-9-15-18;1-14(2,3)12-4-6-13(7-5-12)16-10-8-15-9-11-16/h2*21-29H,2-20H2,1H3;1-15H;4-7H,8-11H2,1-3H3/q;;2*+1. The van der Waals surface area contributed by atoms with Crippen molar-refractivity contribution in [2.45, 2.75) is 287 Å². The van der Waals surface area contributed by atoms with Gasteiger partial charge in [0.05, 0.1) is 83.0 Å². The third-order valence-electron chi connectivity index (χ3n) is 38.0. The van der Waals surface area contributed by atoms with Crippen LogP contribution in [0.5, 0.6) is 0 Å². The predicted molar refractivity (Wildman–Crippen MR) is 501 cm³/mol. The smallest absolute Gasteiger partial charge is 0.377 e. The quantitative estimate of drug-likeness (QED) is 0.0344. The highest BCUT2D eigenvalue weighted by molar-refractivity contribution is 7.97. The normalized spacial score (nSPS) is 41.4. The molecule has 24 saturated carbocycles. The summed E-state index contributed by atoms with van der Waals surface area (Å²) in [7, 11) is 0.417. The van der Waals surface area contributed by atoms with Crippen molar-refractivity contribution in [1.82, 2.24) is 0 Å². The van der Waals surface area contributed by atoms with Gasteiger partial charge in [-0.1, -0.05) is 87.5 Å². The Morgan fingerprint density at radius 2 is 0.604 bits per heavy atom. The van der Waals surface area contributed by atoms with E-state index < -0.39 is 79.0 Å². The number of esters is 6. The lowest BCUT2D eigenvalue weighted by Gasteiger charge is -2.65. The van der Waals surface area contributed by atoms with Gasteiger partial charge in [-0.05, 0) is 288 Å². The highest BCUT2D eigenvalue weighted by Gasteiger charge is 2.72. The molecule has 4 aromatic carbocycles. The number of benzene rings is 4. The molecule has 21 nitrogen and oxygen atoms in total. The maximum atomic E-state index is 14.0. The van der Waals surface area contributed by atoms with Gasteiger partial charge in [0.25, 0.3) is 0 Å². The number of hydrogen-bond donors (Lipinski definition) is 0. The van der Waals surface area contributed by atoms with Gasteiger partial charge in [-0.2, -0.15) is 17.6 Å². The van der Waals surface area contributed by atoms with E-state index in [2.05, 4.69) is 136 Å². The van der Waals surface area contributed by atoms with E-state index in [0.29, 0.717) is 161 Å². The average Bonchev–Trinajstić information content (AvgIpc) is 0.696. The van der Waals surface area contributed by atoms with E-state index in [-0.39, 0.29) is 176 Å². The lowest BCUT2D eigenvalue weighted by molar-refractivity contribution is -0.397. The van der Waals surface area contributed by atoms with Crippen LogP contribution in [-0.2, 0) is 127 Å². The molecule has 27 aliphatic rings. The largest absolute Gasteiger partial charge is 0.464 e. The van der Waals surface area contributed by atoms with Crippen LogP contribution in [0, 0.1) is 139 Å². The molecule has 0 radical (unpaired) electrons. The van der Waals surface area contributed by atoms with Gasteiger partial charge in [-0.25, -0.2) is 9.59 Å². The zero-order valence-corrected chi connectivity index (χ0v) is 82.6. The van der Waals surface area contributed by atoms with Crippen molar-refractivity contribution in [3.63, 3.8) is 0 Å². The number of alkyl halides is 4. The van der Waals surface area contributed by atoms with Crippen molar-refractivity contribution in [3.05, 3.63) is 121 Å². The molecule has 4 aromatic rings. The van der Waals surface area contributed by atoms with E-state index in [9.17, 15) is 65.5 Å². The second-order valence-corrected chi connectivity index (χ2v) is 53.4. The molecule has 3 saturated heterocycles. The van der Waals surface area contributed by atoms with E-state index in [1.54, 1.807) is 0 Å². The monoisotopic (exact) mass is 1960 g/mol. The van der Waals surface area contributed by atoms with Gasteiger partial charge in [-0.3, -0.25) is 38.4 Å². The Kier molecular flexibility index (Phi) is 24.8. The molecule has 139 heavy (non-hydrogen) atoms. The van der Waals surface area contributed by atoms with Crippen molar-refractivity contribution < 1.29 is 118 Å². The first-order valence-electron chi connectivity index (χ1n) is 52.1. The molecule has 0 N–H and O–H groups in total. The van der Waals surface area contributed by atoms with Crippen LogP contribution in [0.3, 0.4) is 0 Å². The predicted octanol–water partition coefficient (Wildman–Crippen LogP) is 18.5. The van der Waals surface area contributed by atoms with Gasteiger partial charge in [0, 0.05) is 95.8 Å². The van der Waals surface area contributed by atoms with E-state index in [1.165, 1.54) is 36.7 Å². The Hall–Kier alpha value is -7.40. The molecular formula is C112H136F4O21S2+2. The van der Waals surface area contributed by atoms with E-state index >= 15 is 0 Å². The van der Waals surface area contributed by atoms with Crippen molar-refractivity contribution >= 4 is 80.7 Å². The minimum Gasteiger partial charge on any atom is -0.464 e. The first kappa shape index (κ1) is 96.4. The third kappa shape index (κ3) is 17.8. The van der Waals surface area contributed by atoms with Gasteiger partial charge in [0.15, 0.2) is 31.2 Å². The topological polar surface area (TPSA) is 272 Å². The van der Waals surface area contributed by atoms with Crippen LogP contribution in [0.4, 0.5) is 17.6 Å². The van der Waals surface area contributed by atoms with Crippen LogP contribution >= 0.6 is 0 Å². The zero-order valence-electron chi connectivity index (χ0n) is 81.0. The molecule has 0 amide bonds. The van der Waals surface area contributed by atoms with Gasteiger partial charge in [-0.15, -0.1) is 0 Å². The summed E-state index contributed by atoms with van der Waals surface area (Å²) in [6.07, 6.45) is 19.7. The van der Waals surface area contributed by atoms with E-state index in [0.717, 1.165) is 116 Å².